The Kier molecular flexibility index (Phi) is 12.5. The molecule has 9 nitrogen and oxygen atoms in total. The molecule has 2 aliphatic heterocycles. The van der Waals surface area contributed by atoms with Crippen molar-refractivity contribution >= 4 is 41.8 Å². The van der Waals surface area contributed by atoms with E-state index in [2.05, 4.69) is 15.6 Å². The molecule has 1 atom stereocenters. The molecule has 2 saturated heterocycles. The number of nitrogens with zero attached hydrogens (tertiary/aromatic N) is 3. The van der Waals surface area contributed by atoms with Crippen LogP contribution in [0.5, 0.6) is 0 Å². The molecule has 2 fully saturated rings. The van der Waals surface area contributed by atoms with E-state index in [0.29, 0.717) is 25.5 Å². The van der Waals surface area contributed by atoms with Crippen molar-refractivity contribution in [2.75, 3.05) is 60.6 Å². The molecule has 0 spiro atoms. The lowest BCUT2D eigenvalue weighted by atomic mass is 10.0. The predicted molar refractivity (Wildman–Crippen MR) is 123 cm³/mol. The molecule has 0 radical (unpaired) electrons. The highest BCUT2D eigenvalue weighted by atomic mass is 127. The fourth-order valence-electron chi connectivity index (χ4n) is 3.27. The number of aliphatic imine (C=N–C) groups is 1. The van der Waals surface area contributed by atoms with Crippen LogP contribution in [0.4, 0.5) is 0 Å². The predicted octanol–water partition coefficient (Wildman–Crippen LogP) is 0.434. The van der Waals surface area contributed by atoms with Crippen LogP contribution >= 0.6 is 24.0 Å². The summed E-state index contributed by atoms with van der Waals surface area (Å²) >= 11 is 0. The Hall–Kier alpha value is -1.14. The Labute approximate surface area is 191 Å². The van der Waals surface area contributed by atoms with Gasteiger partial charge in [0.05, 0.1) is 19.1 Å². The van der Waals surface area contributed by atoms with Crippen LogP contribution in [0.25, 0.3) is 0 Å². The van der Waals surface area contributed by atoms with Gasteiger partial charge in [-0.2, -0.15) is 0 Å². The molecule has 0 bridgehead atoms. The van der Waals surface area contributed by atoms with Gasteiger partial charge >= 0.3 is 0 Å². The van der Waals surface area contributed by atoms with E-state index in [9.17, 15) is 9.59 Å². The quantitative estimate of drug-likeness (QED) is 0.271. The number of hydrogen-bond donors (Lipinski definition) is 2. The molecule has 2 heterocycles. The first-order valence-electron chi connectivity index (χ1n) is 10.1. The lowest BCUT2D eigenvalue weighted by Crippen LogP contribution is -2.51. The van der Waals surface area contributed by atoms with Crippen molar-refractivity contribution in [3.63, 3.8) is 0 Å². The normalized spacial score (nSPS) is 20.2. The van der Waals surface area contributed by atoms with Gasteiger partial charge in [0.25, 0.3) is 0 Å². The SMILES string of the molecule is COCCC(=O)N1CCC(NC(=NCC(=O)N(C)C)NCC2CCCO2)CC1.I. The second-order valence-electron chi connectivity index (χ2n) is 7.51. The summed E-state index contributed by atoms with van der Waals surface area (Å²) in [5, 5.41) is 6.74. The van der Waals surface area contributed by atoms with Gasteiger partial charge < -0.3 is 29.9 Å². The molecule has 2 amide bonds. The average molecular weight is 525 g/mol. The van der Waals surface area contributed by atoms with Crippen LogP contribution in [0.1, 0.15) is 32.1 Å². The minimum Gasteiger partial charge on any atom is -0.384 e. The van der Waals surface area contributed by atoms with Gasteiger partial charge in [0.2, 0.25) is 11.8 Å². The summed E-state index contributed by atoms with van der Waals surface area (Å²) in [5.74, 6) is 0.730. The van der Waals surface area contributed by atoms with Crippen LogP contribution in [0, 0.1) is 0 Å². The highest BCUT2D eigenvalue weighted by Gasteiger charge is 2.24. The summed E-state index contributed by atoms with van der Waals surface area (Å²) < 4.78 is 10.6. The maximum Gasteiger partial charge on any atom is 0.243 e. The number of nitrogens with one attached hydrogen (secondary N) is 2. The molecule has 2 rings (SSSR count). The van der Waals surface area contributed by atoms with Crippen LogP contribution < -0.4 is 10.6 Å². The molecule has 0 saturated carbocycles. The monoisotopic (exact) mass is 525 g/mol. The van der Waals surface area contributed by atoms with Gasteiger partial charge in [-0.3, -0.25) is 9.59 Å². The van der Waals surface area contributed by atoms with E-state index in [1.807, 2.05) is 4.90 Å². The summed E-state index contributed by atoms with van der Waals surface area (Å²) in [5.41, 5.74) is 0. The van der Waals surface area contributed by atoms with Gasteiger partial charge in [-0.15, -0.1) is 24.0 Å². The molecule has 168 valence electrons. The number of ether oxygens (including phenoxy) is 2. The third-order valence-electron chi connectivity index (χ3n) is 5.10. The number of rotatable bonds is 8. The number of hydrogen-bond acceptors (Lipinski definition) is 5. The van der Waals surface area contributed by atoms with Crippen molar-refractivity contribution in [3.05, 3.63) is 0 Å². The van der Waals surface area contributed by atoms with E-state index in [-0.39, 0.29) is 54.5 Å². The fourth-order valence-corrected chi connectivity index (χ4v) is 3.27. The Morgan fingerprint density at radius 1 is 1.24 bits per heavy atom. The van der Waals surface area contributed by atoms with E-state index in [1.54, 1.807) is 21.2 Å². The lowest BCUT2D eigenvalue weighted by Gasteiger charge is -2.33. The van der Waals surface area contributed by atoms with Gasteiger partial charge in [-0.25, -0.2) is 4.99 Å². The molecule has 0 aliphatic carbocycles. The summed E-state index contributed by atoms with van der Waals surface area (Å²) in [6.45, 7) is 3.48. The molecule has 2 N–H and O–H groups in total. The van der Waals surface area contributed by atoms with Crippen LogP contribution in [0.2, 0.25) is 0 Å². The minimum atomic E-state index is -0.0447. The van der Waals surface area contributed by atoms with Crippen molar-refractivity contribution in [2.45, 2.75) is 44.2 Å². The summed E-state index contributed by atoms with van der Waals surface area (Å²) in [4.78, 5) is 31.9. The molecule has 0 aromatic rings. The molecular weight excluding hydrogens is 489 g/mol. The van der Waals surface area contributed by atoms with Crippen molar-refractivity contribution < 1.29 is 19.1 Å². The molecule has 29 heavy (non-hydrogen) atoms. The second-order valence-corrected chi connectivity index (χ2v) is 7.51. The summed E-state index contributed by atoms with van der Waals surface area (Å²) in [7, 11) is 5.05. The second kappa shape index (κ2) is 14.0. The lowest BCUT2D eigenvalue weighted by molar-refractivity contribution is -0.133. The number of carbonyl (C=O) groups is 2. The first kappa shape index (κ1) is 25.9. The number of likely N-dealkylation sites (N-methyl/N-ethyl adjacent to an activating group) is 1. The molecule has 10 heteroatoms. The Morgan fingerprint density at radius 2 is 1.97 bits per heavy atom. The zero-order valence-corrected chi connectivity index (χ0v) is 20.1. The first-order chi connectivity index (χ1) is 13.5. The van der Waals surface area contributed by atoms with Gasteiger partial charge in [-0.05, 0) is 25.7 Å². The third-order valence-corrected chi connectivity index (χ3v) is 5.10. The molecule has 2 aliphatic rings. The van der Waals surface area contributed by atoms with Crippen molar-refractivity contribution in [3.8, 4) is 0 Å². The van der Waals surface area contributed by atoms with Gasteiger partial charge in [-0.1, -0.05) is 0 Å². The van der Waals surface area contributed by atoms with Crippen molar-refractivity contribution in [1.29, 1.82) is 0 Å². The summed E-state index contributed by atoms with van der Waals surface area (Å²) in [6, 6.07) is 0.219. The fraction of sp³-hybridized carbons (Fsp3) is 0.842. The van der Waals surface area contributed by atoms with Crippen molar-refractivity contribution in [2.24, 2.45) is 4.99 Å². The van der Waals surface area contributed by atoms with Crippen molar-refractivity contribution in [1.82, 2.24) is 20.4 Å². The van der Waals surface area contributed by atoms with Crippen LogP contribution in [0.15, 0.2) is 4.99 Å². The Balaban J connectivity index is 0.00000420. The number of carbonyl (C=O) groups excluding carboxylic acids is 2. The van der Waals surface area contributed by atoms with E-state index in [1.165, 1.54) is 4.90 Å². The standard InChI is InChI=1S/C19H35N5O4.HI/c1-23(2)18(26)14-21-19(20-13-16-5-4-11-28-16)22-15-6-9-24(10-7-15)17(25)8-12-27-3;/h15-16H,4-14H2,1-3H3,(H2,20,21,22);1H. The number of halogens is 1. The van der Waals surface area contributed by atoms with E-state index >= 15 is 0 Å². The van der Waals surface area contributed by atoms with E-state index < -0.39 is 0 Å². The first-order valence-corrected chi connectivity index (χ1v) is 10.1. The number of likely N-dealkylation sites (tertiary alicyclic amines) is 1. The Bertz CT molecular complexity index is 533. The highest BCUT2D eigenvalue weighted by Crippen LogP contribution is 2.12. The third kappa shape index (κ3) is 9.47. The smallest absolute Gasteiger partial charge is 0.243 e. The van der Waals surface area contributed by atoms with Crippen LogP contribution in [0.3, 0.4) is 0 Å². The average Bonchev–Trinajstić information content (AvgIpc) is 3.22. The van der Waals surface area contributed by atoms with E-state index in [4.69, 9.17) is 9.47 Å². The Morgan fingerprint density at radius 3 is 2.55 bits per heavy atom. The number of methoxy groups -OCH3 is 1. The van der Waals surface area contributed by atoms with Gasteiger partial charge in [0.1, 0.15) is 6.54 Å². The largest absolute Gasteiger partial charge is 0.384 e. The van der Waals surface area contributed by atoms with Gasteiger partial charge in [0.15, 0.2) is 5.96 Å². The topological polar surface area (TPSA) is 95.5 Å². The maximum absolute atomic E-state index is 12.1. The summed E-state index contributed by atoms with van der Waals surface area (Å²) in [6.07, 6.45) is 4.44. The minimum absolute atomic E-state index is 0. The maximum atomic E-state index is 12.1. The number of piperidine rings is 1. The zero-order valence-electron chi connectivity index (χ0n) is 17.8. The zero-order chi connectivity index (χ0) is 20.4. The molecule has 0 aromatic carbocycles. The van der Waals surface area contributed by atoms with Gasteiger partial charge in [0, 0.05) is 53.5 Å². The molecular formula is C19H36IN5O4. The van der Waals surface area contributed by atoms with E-state index in [0.717, 1.165) is 45.4 Å². The number of guanidine groups is 1. The van der Waals surface area contributed by atoms with Crippen LogP contribution in [-0.2, 0) is 19.1 Å². The molecule has 0 aromatic heterocycles. The highest BCUT2D eigenvalue weighted by molar-refractivity contribution is 14.0. The molecule has 1 unspecified atom stereocenters. The number of amides is 2. The van der Waals surface area contributed by atoms with Crippen LogP contribution in [-0.4, -0.2) is 100 Å².